The molecule has 0 bridgehead atoms. The number of rotatable bonds is 7. The molecule has 5 nitrogen and oxygen atoms in total. The average molecular weight is 308 g/mol. The molecule has 0 amide bonds. The van der Waals surface area contributed by atoms with Crippen molar-refractivity contribution in [1.82, 2.24) is 9.80 Å². The second-order valence-corrected chi connectivity index (χ2v) is 6.36. The molecule has 1 aliphatic heterocycles. The van der Waals surface area contributed by atoms with Crippen LogP contribution in [-0.4, -0.2) is 85.2 Å². The van der Waals surface area contributed by atoms with Crippen LogP contribution in [0, 0.1) is 0 Å². The zero-order chi connectivity index (χ0) is 16.1. The second kappa shape index (κ2) is 8.04. The number of benzene rings is 1. The van der Waals surface area contributed by atoms with Crippen LogP contribution in [0.3, 0.4) is 0 Å². The molecule has 1 saturated heterocycles. The van der Waals surface area contributed by atoms with Crippen molar-refractivity contribution < 1.29 is 14.9 Å². The fourth-order valence-corrected chi connectivity index (χ4v) is 3.13. The third-order valence-corrected chi connectivity index (χ3v) is 4.29. The van der Waals surface area contributed by atoms with Crippen LogP contribution in [0.5, 0.6) is 0 Å². The first kappa shape index (κ1) is 17.4. The van der Waals surface area contributed by atoms with Crippen LogP contribution in [0.15, 0.2) is 30.3 Å². The van der Waals surface area contributed by atoms with Crippen LogP contribution >= 0.6 is 0 Å². The van der Waals surface area contributed by atoms with Crippen molar-refractivity contribution >= 4 is 0 Å². The number of likely N-dealkylation sites (N-methyl/N-ethyl adjacent to an activating group) is 2. The van der Waals surface area contributed by atoms with Crippen molar-refractivity contribution in [2.45, 2.75) is 30.8 Å². The molecule has 1 aromatic carbocycles. The van der Waals surface area contributed by atoms with Crippen molar-refractivity contribution in [1.29, 1.82) is 0 Å². The smallest absolute Gasteiger partial charge is 0.109 e. The molecule has 2 N–H and O–H groups in total. The lowest BCUT2D eigenvalue weighted by Crippen LogP contribution is -2.49. The lowest BCUT2D eigenvalue weighted by Gasteiger charge is -2.31. The summed E-state index contributed by atoms with van der Waals surface area (Å²) < 4.78 is 5.84. The SMILES string of the molecule is CN(C)C[C@H]1O[C@@H](CO)[C@@H](O)[C@H]1N(C)CCc1ccccc1. The first-order chi connectivity index (χ1) is 10.5. The monoisotopic (exact) mass is 308 g/mol. The van der Waals surface area contributed by atoms with E-state index >= 15 is 0 Å². The zero-order valence-corrected chi connectivity index (χ0v) is 13.7. The van der Waals surface area contributed by atoms with Crippen LogP contribution in [0.25, 0.3) is 0 Å². The first-order valence-corrected chi connectivity index (χ1v) is 7.86. The summed E-state index contributed by atoms with van der Waals surface area (Å²) in [5, 5.41) is 19.8. The Bertz CT molecular complexity index is 441. The van der Waals surface area contributed by atoms with E-state index in [0.29, 0.717) is 0 Å². The van der Waals surface area contributed by atoms with Gasteiger partial charge < -0.3 is 19.8 Å². The molecule has 0 unspecified atom stereocenters. The average Bonchev–Trinajstić information content (AvgIpc) is 2.81. The van der Waals surface area contributed by atoms with Crippen LogP contribution < -0.4 is 0 Å². The number of hydrogen-bond acceptors (Lipinski definition) is 5. The molecule has 2 rings (SSSR count). The van der Waals surface area contributed by atoms with E-state index in [1.54, 1.807) is 0 Å². The van der Waals surface area contributed by atoms with Crippen molar-refractivity contribution in [3.63, 3.8) is 0 Å². The van der Waals surface area contributed by atoms with Gasteiger partial charge in [-0.1, -0.05) is 30.3 Å². The first-order valence-electron chi connectivity index (χ1n) is 7.86. The van der Waals surface area contributed by atoms with E-state index in [1.807, 2.05) is 39.3 Å². The largest absolute Gasteiger partial charge is 0.394 e. The third-order valence-electron chi connectivity index (χ3n) is 4.29. The maximum atomic E-state index is 10.5. The van der Waals surface area contributed by atoms with Gasteiger partial charge in [-0.3, -0.25) is 4.90 Å². The zero-order valence-electron chi connectivity index (χ0n) is 13.7. The molecule has 22 heavy (non-hydrogen) atoms. The van der Waals surface area contributed by atoms with Crippen molar-refractivity contribution in [2.24, 2.45) is 0 Å². The van der Waals surface area contributed by atoms with Crippen LogP contribution in [0.2, 0.25) is 0 Å². The van der Waals surface area contributed by atoms with Crippen molar-refractivity contribution in [3.05, 3.63) is 35.9 Å². The lowest BCUT2D eigenvalue weighted by atomic mass is 10.0. The normalized spacial score (nSPS) is 28.7. The topological polar surface area (TPSA) is 56.2 Å². The van der Waals surface area contributed by atoms with E-state index in [-0.39, 0.29) is 18.8 Å². The highest BCUT2D eigenvalue weighted by Gasteiger charge is 2.45. The minimum absolute atomic E-state index is 0.0942. The quantitative estimate of drug-likeness (QED) is 0.754. The van der Waals surface area contributed by atoms with Crippen LogP contribution in [0.4, 0.5) is 0 Å². The third kappa shape index (κ3) is 4.27. The summed E-state index contributed by atoms with van der Waals surface area (Å²) in [6.45, 7) is 1.43. The fourth-order valence-electron chi connectivity index (χ4n) is 3.13. The minimum atomic E-state index is -0.657. The standard InChI is InChI=1S/C17H28N2O3/c1-18(2)11-14-16(17(21)15(12-20)22-14)19(3)10-9-13-7-5-4-6-8-13/h4-8,14-17,20-21H,9-12H2,1-3H3/t14-,15+,16+,17-/m1/s1. The molecule has 124 valence electrons. The number of ether oxygens (including phenoxy) is 1. The molecule has 0 saturated carbocycles. The van der Waals surface area contributed by atoms with E-state index in [1.165, 1.54) is 5.56 Å². The van der Waals surface area contributed by atoms with Gasteiger partial charge in [-0.2, -0.15) is 0 Å². The number of aliphatic hydroxyl groups is 2. The Balaban J connectivity index is 1.99. The van der Waals surface area contributed by atoms with Crippen LogP contribution in [0.1, 0.15) is 5.56 Å². The number of aliphatic hydroxyl groups excluding tert-OH is 2. The molecule has 1 fully saturated rings. The molecule has 0 aromatic heterocycles. The van der Waals surface area contributed by atoms with Gasteiger partial charge in [0, 0.05) is 13.1 Å². The summed E-state index contributed by atoms with van der Waals surface area (Å²) in [6.07, 6.45) is -0.313. The highest BCUT2D eigenvalue weighted by Crippen LogP contribution is 2.25. The van der Waals surface area contributed by atoms with Gasteiger partial charge in [-0.05, 0) is 33.1 Å². The number of nitrogens with zero attached hydrogens (tertiary/aromatic N) is 2. The molecule has 1 aliphatic rings. The van der Waals surface area contributed by atoms with Gasteiger partial charge in [0.15, 0.2) is 0 Å². The molecule has 1 aromatic rings. The Kier molecular flexibility index (Phi) is 6.35. The van der Waals surface area contributed by atoms with Crippen molar-refractivity contribution in [2.75, 3.05) is 40.8 Å². The van der Waals surface area contributed by atoms with Gasteiger partial charge in [0.25, 0.3) is 0 Å². The summed E-state index contributed by atoms with van der Waals surface area (Å²) in [5.74, 6) is 0. The molecule has 0 spiro atoms. The van der Waals surface area contributed by atoms with E-state index < -0.39 is 12.2 Å². The summed E-state index contributed by atoms with van der Waals surface area (Å²) in [7, 11) is 5.99. The predicted molar refractivity (Wildman–Crippen MR) is 86.9 cm³/mol. The molecule has 4 atom stereocenters. The molecular formula is C17H28N2O3. The fraction of sp³-hybridized carbons (Fsp3) is 0.647. The summed E-state index contributed by atoms with van der Waals surface area (Å²) >= 11 is 0. The van der Waals surface area contributed by atoms with Gasteiger partial charge in [0.05, 0.1) is 18.8 Å². The Hall–Kier alpha value is -0.980. The summed E-state index contributed by atoms with van der Waals surface area (Å²) in [6, 6.07) is 10.2. The lowest BCUT2D eigenvalue weighted by molar-refractivity contribution is -0.0273. The maximum Gasteiger partial charge on any atom is 0.109 e. The second-order valence-electron chi connectivity index (χ2n) is 6.36. The molecule has 0 aliphatic carbocycles. The molecule has 1 heterocycles. The van der Waals surface area contributed by atoms with Gasteiger partial charge >= 0.3 is 0 Å². The van der Waals surface area contributed by atoms with Gasteiger partial charge in [-0.15, -0.1) is 0 Å². The predicted octanol–water partition coefficient (Wildman–Crippen LogP) is 0.212. The molecule has 0 radical (unpaired) electrons. The van der Waals surface area contributed by atoms with E-state index in [2.05, 4.69) is 21.9 Å². The highest BCUT2D eigenvalue weighted by molar-refractivity contribution is 5.15. The Morgan fingerprint density at radius 1 is 1.09 bits per heavy atom. The van der Waals surface area contributed by atoms with E-state index in [0.717, 1.165) is 19.5 Å². The van der Waals surface area contributed by atoms with E-state index in [4.69, 9.17) is 4.74 Å². The minimum Gasteiger partial charge on any atom is -0.394 e. The summed E-state index contributed by atoms with van der Waals surface area (Å²) in [5.41, 5.74) is 1.28. The molecule has 5 heteroatoms. The Morgan fingerprint density at radius 2 is 1.77 bits per heavy atom. The maximum absolute atomic E-state index is 10.5. The number of hydrogen-bond donors (Lipinski definition) is 2. The molecular weight excluding hydrogens is 280 g/mol. The summed E-state index contributed by atoms with van der Waals surface area (Å²) in [4.78, 5) is 4.21. The highest BCUT2D eigenvalue weighted by atomic mass is 16.5. The van der Waals surface area contributed by atoms with Gasteiger partial charge in [0.1, 0.15) is 12.2 Å². The Labute approximate surface area is 133 Å². The Morgan fingerprint density at radius 3 is 2.36 bits per heavy atom. The van der Waals surface area contributed by atoms with Crippen LogP contribution in [-0.2, 0) is 11.2 Å². The van der Waals surface area contributed by atoms with Crippen molar-refractivity contribution in [3.8, 4) is 0 Å². The van der Waals surface area contributed by atoms with Gasteiger partial charge in [0.2, 0.25) is 0 Å². The van der Waals surface area contributed by atoms with E-state index in [9.17, 15) is 10.2 Å². The van der Waals surface area contributed by atoms with Gasteiger partial charge in [-0.25, -0.2) is 0 Å².